The van der Waals surface area contributed by atoms with Gasteiger partial charge >= 0.3 is 0 Å². The van der Waals surface area contributed by atoms with Gasteiger partial charge in [0.25, 0.3) is 0 Å². The van der Waals surface area contributed by atoms with Crippen molar-refractivity contribution in [1.82, 2.24) is 0 Å². The van der Waals surface area contributed by atoms with E-state index in [4.69, 9.17) is 10.5 Å². The second-order valence-electron chi connectivity index (χ2n) is 2.88. The van der Waals surface area contributed by atoms with Gasteiger partial charge in [-0.3, -0.25) is 0 Å². The van der Waals surface area contributed by atoms with Crippen molar-refractivity contribution < 1.29 is 4.74 Å². The first kappa shape index (κ1) is 11.4. The highest BCUT2D eigenvalue weighted by Crippen LogP contribution is 2.22. The maximum Gasteiger partial charge on any atom is 0.0719 e. The Kier molecular flexibility index (Phi) is 4.87. The molecule has 0 radical (unpaired) electrons. The highest BCUT2D eigenvalue weighted by atomic mass is 79.9. The van der Waals surface area contributed by atoms with Gasteiger partial charge in [-0.15, -0.1) is 0 Å². The lowest BCUT2D eigenvalue weighted by atomic mass is 10.1. The topological polar surface area (TPSA) is 35.2 Å². The van der Waals surface area contributed by atoms with Crippen LogP contribution in [0.15, 0.2) is 28.7 Å². The number of rotatable bonds is 4. The third kappa shape index (κ3) is 2.94. The first-order valence-electron chi connectivity index (χ1n) is 4.42. The molecule has 0 bridgehead atoms. The van der Waals surface area contributed by atoms with Crippen LogP contribution in [0.2, 0.25) is 0 Å². The summed E-state index contributed by atoms with van der Waals surface area (Å²) in [5.74, 6) is 0. The zero-order valence-corrected chi connectivity index (χ0v) is 9.75. The second-order valence-corrected chi connectivity index (χ2v) is 3.74. The predicted molar refractivity (Wildman–Crippen MR) is 62.9 cm³/mol. The van der Waals surface area contributed by atoms with Gasteiger partial charge in [0.15, 0.2) is 0 Å². The summed E-state index contributed by atoms with van der Waals surface area (Å²) in [6.45, 7) is 1.16. The molecule has 2 nitrogen and oxygen atoms in total. The first-order valence-corrected chi connectivity index (χ1v) is 5.21. The molecule has 1 rings (SSSR count). The summed E-state index contributed by atoms with van der Waals surface area (Å²) in [5, 5.41) is 0. The van der Waals surface area contributed by atoms with E-state index in [0.717, 1.165) is 15.6 Å². The summed E-state index contributed by atoms with van der Waals surface area (Å²) in [7, 11) is 1.69. The minimum absolute atomic E-state index is 0.549. The number of benzene rings is 1. The summed E-state index contributed by atoms with van der Waals surface area (Å²) in [6.07, 6.45) is 3.94. The molecule has 0 aromatic heterocycles. The number of hydrogen-bond acceptors (Lipinski definition) is 2. The van der Waals surface area contributed by atoms with Crippen molar-refractivity contribution in [2.75, 3.05) is 13.7 Å². The molecule has 0 aliphatic heterocycles. The normalized spacial score (nSPS) is 11.1. The molecule has 76 valence electrons. The molecule has 0 atom stereocenters. The average molecular weight is 256 g/mol. The molecule has 14 heavy (non-hydrogen) atoms. The molecular formula is C11H14BrNO. The molecule has 0 unspecified atom stereocenters. The summed E-state index contributed by atoms with van der Waals surface area (Å²) in [5.41, 5.74) is 7.71. The SMILES string of the molecule is COCc1cccc(Br)c1/C=C/CN. The maximum absolute atomic E-state index is 5.42. The van der Waals surface area contributed by atoms with E-state index in [9.17, 15) is 0 Å². The fourth-order valence-electron chi connectivity index (χ4n) is 1.24. The Morgan fingerprint density at radius 3 is 2.93 bits per heavy atom. The largest absolute Gasteiger partial charge is 0.380 e. The highest BCUT2D eigenvalue weighted by molar-refractivity contribution is 9.10. The molecule has 0 spiro atoms. The van der Waals surface area contributed by atoms with Crippen LogP contribution in [0.4, 0.5) is 0 Å². The van der Waals surface area contributed by atoms with E-state index < -0.39 is 0 Å². The fourth-order valence-corrected chi connectivity index (χ4v) is 1.78. The van der Waals surface area contributed by atoms with Crippen molar-refractivity contribution in [1.29, 1.82) is 0 Å². The van der Waals surface area contributed by atoms with Crippen molar-refractivity contribution in [3.63, 3.8) is 0 Å². The number of hydrogen-bond donors (Lipinski definition) is 1. The zero-order valence-electron chi connectivity index (χ0n) is 8.16. The number of halogens is 1. The van der Waals surface area contributed by atoms with Gasteiger partial charge in [0.1, 0.15) is 0 Å². The average Bonchev–Trinajstić information content (AvgIpc) is 2.18. The molecule has 1 aromatic rings. The Morgan fingerprint density at radius 2 is 2.29 bits per heavy atom. The van der Waals surface area contributed by atoms with Gasteiger partial charge in [-0.1, -0.05) is 40.2 Å². The minimum atomic E-state index is 0.549. The standard InChI is InChI=1S/C11H14BrNO/c1-14-8-9-4-2-6-11(12)10(9)5-3-7-13/h2-6H,7-8,13H2,1H3/b5-3+. The summed E-state index contributed by atoms with van der Waals surface area (Å²) >= 11 is 3.50. The summed E-state index contributed by atoms with van der Waals surface area (Å²) in [6, 6.07) is 6.05. The van der Waals surface area contributed by atoms with E-state index in [1.54, 1.807) is 7.11 Å². The van der Waals surface area contributed by atoms with Gasteiger partial charge in [-0.25, -0.2) is 0 Å². The van der Waals surface area contributed by atoms with Crippen LogP contribution < -0.4 is 5.73 Å². The number of ether oxygens (including phenoxy) is 1. The highest BCUT2D eigenvalue weighted by Gasteiger charge is 2.02. The second kappa shape index (κ2) is 5.96. The molecule has 0 amide bonds. The van der Waals surface area contributed by atoms with Gasteiger partial charge in [-0.05, 0) is 17.2 Å². The van der Waals surface area contributed by atoms with Crippen molar-refractivity contribution in [2.24, 2.45) is 5.73 Å². The maximum atomic E-state index is 5.42. The van der Waals surface area contributed by atoms with Gasteiger partial charge in [0.05, 0.1) is 6.61 Å². The van der Waals surface area contributed by atoms with E-state index >= 15 is 0 Å². The molecule has 3 heteroatoms. The van der Waals surface area contributed by atoms with Crippen LogP contribution in [-0.4, -0.2) is 13.7 Å². The fraction of sp³-hybridized carbons (Fsp3) is 0.273. The van der Waals surface area contributed by atoms with Crippen LogP contribution in [0.1, 0.15) is 11.1 Å². The number of nitrogens with two attached hydrogens (primary N) is 1. The third-order valence-corrected chi connectivity index (χ3v) is 2.56. The number of methoxy groups -OCH3 is 1. The van der Waals surface area contributed by atoms with Crippen LogP contribution in [0.5, 0.6) is 0 Å². The smallest absolute Gasteiger partial charge is 0.0719 e. The molecule has 0 aliphatic rings. The Hall–Kier alpha value is -0.640. The van der Waals surface area contributed by atoms with Crippen LogP contribution >= 0.6 is 15.9 Å². The van der Waals surface area contributed by atoms with E-state index in [2.05, 4.69) is 15.9 Å². The third-order valence-electron chi connectivity index (χ3n) is 1.86. The van der Waals surface area contributed by atoms with E-state index in [1.165, 1.54) is 0 Å². The Balaban J connectivity index is 3.02. The van der Waals surface area contributed by atoms with Gasteiger partial charge in [-0.2, -0.15) is 0 Å². The molecule has 0 saturated carbocycles. The Bertz CT molecular complexity index is 323. The first-order chi connectivity index (χ1) is 6.79. The van der Waals surface area contributed by atoms with Crippen molar-refractivity contribution in [2.45, 2.75) is 6.61 Å². The predicted octanol–water partition coefficient (Wildman–Crippen LogP) is 2.57. The Morgan fingerprint density at radius 1 is 1.50 bits per heavy atom. The lowest BCUT2D eigenvalue weighted by Gasteiger charge is -2.06. The zero-order chi connectivity index (χ0) is 10.4. The molecule has 1 aromatic carbocycles. The van der Waals surface area contributed by atoms with E-state index in [-0.39, 0.29) is 0 Å². The van der Waals surface area contributed by atoms with Gasteiger partial charge in [0, 0.05) is 18.1 Å². The molecule has 0 aliphatic carbocycles. The molecular weight excluding hydrogens is 242 g/mol. The monoisotopic (exact) mass is 255 g/mol. The summed E-state index contributed by atoms with van der Waals surface area (Å²) in [4.78, 5) is 0. The lowest BCUT2D eigenvalue weighted by Crippen LogP contribution is -1.95. The molecule has 0 saturated heterocycles. The van der Waals surface area contributed by atoms with E-state index in [1.807, 2.05) is 30.4 Å². The Labute approximate surface area is 92.9 Å². The van der Waals surface area contributed by atoms with Gasteiger partial charge < -0.3 is 10.5 Å². The quantitative estimate of drug-likeness (QED) is 0.898. The van der Waals surface area contributed by atoms with Crippen LogP contribution in [-0.2, 0) is 11.3 Å². The lowest BCUT2D eigenvalue weighted by molar-refractivity contribution is 0.184. The minimum Gasteiger partial charge on any atom is -0.380 e. The van der Waals surface area contributed by atoms with Crippen LogP contribution in [0.3, 0.4) is 0 Å². The van der Waals surface area contributed by atoms with Crippen LogP contribution in [0, 0.1) is 0 Å². The molecule has 2 N–H and O–H groups in total. The van der Waals surface area contributed by atoms with Crippen LogP contribution in [0.25, 0.3) is 6.08 Å². The van der Waals surface area contributed by atoms with E-state index in [0.29, 0.717) is 13.2 Å². The van der Waals surface area contributed by atoms with Gasteiger partial charge in [0.2, 0.25) is 0 Å². The van der Waals surface area contributed by atoms with Crippen molar-refractivity contribution in [3.05, 3.63) is 39.9 Å². The molecule has 0 fully saturated rings. The summed E-state index contributed by atoms with van der Waals surface area (Å²) < 4.78 is 6.18. The van der Waals surface area contributed by atoms with Crippen molar-refractivity contribution >= 4 is 22.0 Å². The molecule has 0 heterocycles. The van der Waals surface area contributed by atoms with Crippen molar-refractivity contribution in [3.8, 4) is 0 Å².